The molecular weight excluding hydrogens is 290 g/mol. The van der Waals surface area contributed by atoms with Crippen molar-refractivity contribution in [3.63, 3.8) is 0 Å². The number of benzene rings is 1. The Morgan fingerprint density at radius 1 is 1.28 bits per heavy atom. The van der Waals surface area contributed by atoms with Crippen LogP contribution in [0.2, 0.25) is 0 Å². The zero-order valence-electron chi connectivity index (χ0n) is 10.2. The summed E-state index contributed by atoms with van der Waals surface area (Å²) in [6, 6.07) is 6.41. The van der Waals surface area contributed by atoms with Crippen molar-refractivity contribution in [3.05, 3.63) is 51.9 Å². The summed E-state index contributed by atoms with van der Waals surface area (Å²) in [6.07, 6.45) is 4.69. The predicted octanol–water partition coefficient (Wildman–Crippen LogP) is 3.11. The summed E-state index contributed by atoms with van der Waals surface area (Å²) >= 11 is 3.63. The summed E-state index contributed by atoms with van der Waals surface area (Å²) in [5.74, 6) is 0.969. The lowest BCUT2D eigenvalue weighted by atomic mass is 10.00. The fourth-order valence-electron chi connectivity index (χ4n) is 2.34. The van der Waals surface area contributed by atoms with Gasteiger partial charge < -0.3 is 4.90 Å². The molecule has 0 fully saturated rings. The lowest BCUT2D eigenvalue weighted by Gasteiger charge is -2.30. The molecule has 92 valence electrons. The van der Waals surface area contributed by atoms with Crippen LogP contribution in [0.4, 0.5) is 5.82 Å². The van der Waals surface area contributed by atoms with Gasteiger partial charge in [-0.3, -0.25) is 4.98 Å². The van der Waals surface area contributed by atoms with Crippen molar-refractivity contribution in [2.75, 3.05) is 11.4 Å². The predicted molar refractivity (Wildman–Crippen MR) is 75.7 cm³/mol. The zero-order chi connectivity index (χ0) is 12.5. The van der Waals surface area contributed by atoms with Crippen LogP contribution in [-0.2, 0) is 13.0 Å². The van der Waals surface area contributed by atoms with E-state index in [9.17, 15) is 0 Å². The first-order chi connectivity index (χ1) is 8.74. The van der Waals surface area contributed by atoms with Gasteiger partial charge in [0.1, 0.15) is 5.82 Å². The molecule has 3 nitrogen and oxygen atoms in total. The third-order valence-electron chi connectivity index (χ3n) is 3.28. The molecular formula is C14H14BrN3. The van der Waals surface area contributed by atoms with Crippen molar-refractivity contribution in [3.8, 4) is 0 Å². The highest BCUT2D eigenvalue weighted by Crippen LogP contribution is 2.28. The van der Waals surface area contributed by atoms with Crippen LogP contribution < -0.4 is 4.90 Å². The quantitative estimate of drug-likeness (QED) is 0.810. The third-order valence-corrected chi connectivity index (χ3v) is 4.03. The monoisotopic (exact) mass is 303 g/mol. The molecule has 1 aliphatic rings. The minimum Gasteiger partial charge on any atom is -0.351 e. The Morgan fingerprint density at radius 3 is 3.00 bits per heavy atom. The maximum absolute atomic E-state index is 4.55. The lowest BCUT2D eigenvalue weighted by Crippen LogP contribution is -2.31. The van der Waals surface area contributed by atoms with E-state index in [-0.39, 0.29) is 0 Å². The maximum Gasteiger partial charge on any atom is 0.147 e. The fourth-order valence-corrected chi connectivity index (χ4v) is 2.87. The van der Waals surface area contributed by atoms with Crippen molar-refractivity contribution in [2.45, 2.75) is 19.9 Å². The molecule has 0 saturated heterocycles. The number of aromatic nitrogens is 2. The van der Waals surface area contributed by atoms with Gasteiger partial charge in [-0.1, -0.05) is 28.1 Å². The molecule has 1 aromatic heterocycles. The van der Waals surface area contributed by atoms with Crippen LogP contribution in [0, 0.1) is 6.92 Å². The van der Waals surface area contributed by atoms with Crippen LogP contribution in [0.1, 0.15) is 16.8 Å². The first-order valence-corrected chi connectivity index (χ1v) is 6.83. The highest BCUT2D eigenvalue weighted by molar-refractivity contribution is 9.10. The first-order valence-electron chi connectivity index (χ1n) is 6.04. The molecule has 3 rings (SSSR count). The molecule has 1 aromatic carbocycles. The van der Waals surface area contributed by atoms with E-state index in [0.717, 1.165) is 31.0 Å². The van der Waals surface area contributed by atoms with Crippen LogP contribution in [-0.4, -0.2) is 16.5 Å². The highest BCUT2D eigenvalue weighted by Gasteiger charge is 2.19. The van der Waals surface area contributed by atoms with Crippen LogP contribution in [0.5, 0.6) is 0 Å². The number of hydrogen-bond donors (Lipinski definition) is 0. The van der Waals surface area contributed by atoms with Crippen LogP contribution in [0.15, 0.2) is 35.1 Å². The average molecular weight is 304 g/mol. The van der Waals surface area contributed by atoms with Gasteiger partial charge in [0.25, 0.3) is 0 Å². The van der Waals surface area contributed by atoms with E-state index >= 15 is 0 Å². The number of fused-ring (bicyclic) bond motifs is 1. The van der Waals surface area contributed by atoms with Gasteiger partial charge in [0.2, 0.25) is 0 Å². The molecule has 0 spiro atoms. The summed E-state index contributed by atoms with van der Waals surface area (Å²) in [7, 11) is 0. The van der Waals surface area contributed by atoms with E-state index in [1.807, 2.05) is 13.1 Å². The topological polar surface area (TPSA) is 29.0 Å². The van der Waals surface area contributed by atoms with Crippen molar-refractivity contribution in [1.29, 1.82) is 0 Å². The Hall–Kier alpha value is -1.42. The van der Waals surface area contributed by atoms with E-state index in [1.165, 1.54) is 15.6 Å². The smallest absolute Gasteiger partial charge is 0.147 e. The molecule has 0 atom stereocenters. The molecule has 0 unspecified atom stereocenters. The number of halogens is 1. The van der Waals surface area contributed by atoms with Gasteiger partial charge >= 0.3 is 0 Å². The van der Waals surface area contributed by atoms with Gasteiger partial charge in [0, 0.05) is 23.8 Å². The van der Waals surface area contributed by atoms with Crippen LogP contribution >= 0.6 is 15.9 Å². The van der Waals surface area contributed by atoms with Gasteiger partial charge in [-0.2, -0.15) is 0 Å². The lowest BCUT2D eigenvalue weighted by molar-refractivity contribution is 0.714. The largest absolute Gasteiger partial charge is 0.351 e. The van der Waals surface area contributed by atoms with E-state index in [0.29, 0.717) is 0 Å². The Bertz CT molecular complexity index is 583. The number of hydrogen-bond acceptors (Lipinski definition) is 3. The van der Waals surface area contributed by atoms with Gasteiger partial charge in [0.15, 0.2) is 0 Å². The van der Waals surface area contributed by atoms with Gasteiger partial charge in [-0.15, -0.1) is 0 Å². The van der Waals surface area contributed by atoms with Crippen molar-refractivity contribution in [1.82, 2.24) is 9.97 Å². The zero-order valence-corrected chi connectivity index (χ0v) is 11.8. The fraction of sp³-hybridized carbons (Fsp3) is 0.286. The first kappa shape index (κ1) is 11.7. The van der Waals surface area contributed by atoms with E-state index in [1.54, 1.807) is 6.20 Å². The number of rotatable bonds is 1. The van der Waals surface area contributed by atoms with E-state index < -0.39 is 0 Å². The third kappa shape index (κ3) is 2.12. The number of aryl methyl sites for hydroxylation is 1. The van der Waals surface area contributed by atoms with Gasteiger partial charge in [-0.05, 0) is 30.5 Å². The van der Waals surface area contributed by atoms with Crippen molar-refractivity contribution >= 4 is 21.7 Å². The van der Waals surface area contributed by atoms with Crippen molar-refractivity contribution < 1.29 is 0 Å². The Kier molecular flexibility index (Phi) is 3.04. The van der Waals surface area contributed by atoms with Gasteiger partial charge in [0.05, 0.1) is 11.9 Å². The molecule has 2 heterocycles. The molecule has 0 bridgehead atoms. The second-order valence-electron chi connectivity index (χ2n) is 4.57. The molecule has 2 aromatic rings. The summed E-state index contributed by atoms with van der Waals surface area (Å²) in [5.41, 5.74) is 3.76. The number of anilines is 1. The second kappa shape index (κ2) is 4.69. The summed E-state index contributed by atoms with van der Waals surface area (Å²) in [5, 5.41) is 0. The molecule has 1 aliphatic heterocycles. The highest BCUT2D eigenvalue weighted by atomic mass is 79.9. The SMILES string of the molecule is Cc1cncc(N2CCc3cccc(Br)c3C2)n1. The van der Waals surface area contributed by atoms with E-state index in [4.69, 9.17) is 0 Å². The van der Waals surface area contributed by atoms with Gasteiger partial charge in [-0.25, -0.2) is 4.98 Å². The molecule has 18 heavy (non-hydrogen) atoms. The second-order valence-corrected chi connectivity index (χ2v) is 5.42. The van der Waals surface area contributed by atoms with Crippen molar-refractivity contribution in [2.24, 2.45) is 0 Å². The standard InChI is InChI=1S/C14H14BrN3/c1-10-7-16-8-14(17-10)18-6-5-11-3-2-4-13(15)12(11)9-18/h2-4,7-8H,5-6,9H2,1H3. The van der Waals surface area contributed by atoms with Crippen LogP contribution in [0.25, 0.3) is 0 Å². The molecule has 0 aliphatic carbocycles. The molecule has 0 N–H and O–H groups in total. The maximum atomic E-state index is 4.55. The summed E-state index contributed by atoms with van der Waals surface area (Å²) in [4.78, 5) is 11.1. The molecule has 0 amide bonds. The Labute approximate surface area is 115 Å². The summed E-state index contributed by atoms with van der Waals surface area (Å²) in [6.45, 7) is 3.88. The average Bonchev–Trinajstić information content (AvgIpc) is 2.39. The Balaban J connectivity index is 1.93. The minimum atomic E-state index is 0.898. The Morgan fingerprint density at radius 2 is 2.17 bits per heavy atom. The minimum absolute atomic E-state index is 0.898. The molecule has 4 heteroatoms. The molecule has 0 saturated carbocycles. The summed E-state index contributed by atoms with van der Waals surface area (Å²) < 4.78 is 1.19. The normalized spacial score (nSPS) is 14.4. The molecule has 0 radical (unpaired) electrons. The number of nitrogens with zero attached hydrogens (tertiary/aromatic N) is 3. The van der Waals surface area contributed by atoms with E-state index in [2.05, 4.69) is 49.0 Å². The van der Waals surface area contributed by atoms with Crippen LogP contribution in [0.3, 0.4) is 0 Å².